The molecule has 0 radical (unpaired) electrons. The van der Waals surface area contributed by atoms with Crippen molar-refractivity contribution in [3.63, 3.8) is 0 Å². The highest BCUT2D eigenvalue weighted by Crippen LogP contribution is 2.16. The second kappa shape index (κ2) is 4.57. The molecule has 1 aromatic rings. The van der Waals surface area contributed by atoms with Crippen LogP contribution in [0.2, 0.25) is 0 Å². The highest BCUT2D eigenvalue weighted by Gasteiger charge is 2.05. The standard InChI is InChI=1S/C8H10N2O2.ClH/c1-12-8(11)5-2-3-6(9)7(10)4-5;/h2-4H,9-10H2,1H3;1H. The van der Waals surface area contributed by atoms with E-state index in [0.717, 1.165) is 0 Å². The third kappa shape index (κ3) is 2.52. The molecule has 0 heterocycles. The zero-order valence-corrected chi connectivity index (χ0v) is 7.93. The van der Waals surface area contributed by atoms with Crippen molar-refractivity contribution in [3.05, 3.63) is 23.8 Å². The molecule has 1 aromatic carbocycles. The lowest BCUT2D eigenvalue weighted by molar-refractivity contribution is 0.0601. The molecule has 0 saturated heterocycles. The zero-order valence-electron chi connectivity index (χ0n) is 7.11. The molecule has 0 unspecified atom stereocenters. The number of nitrogens with two attached hydrogens (primary N) is 2. The Morgan fingerprint density at radius 3 is 2.38 bits per heavy atom. The lowest BCUT2D eigenvalue weighted by Gasteiger charge is -2.02. The molecule has 5 heteroatoms. The van der Waals surface area contributed by atoms with Gasteiger partial charge in [0, 0.05) is 0 Å². The van der Waals surface area contributed by atoms with E-state index in [1.54, 1.807) is 12.1 Å². The Bertz CT molecular complexity index is 315. The first kappa shape index (κ1) is 11.6. The molecule has 4 nitrogen and oxygen atoms in total. The van der Waals surface area contributed by atoms with Crippen LogP contribution in [0.15, 0.2) is 18.2 Å². The van der Waals surface area contributed by atoms with Gasteiger partial charge in [-0.15, -0.1) is 12.4 Å². The number of methoxy groups -OCH3 is 1. The second-order valence-corrected chi connectivity index (χ2v) is 2.34. The maximum atomic E-state index is 11.0. The number of halogens is 1. The molecular formula is C8H11ClN2O2. The summed E-state index contributed by atoms with van der Waals surface area (Å²) < 4.78 is 4.50. The lowest BCUT2D eigenvalue weighted by Crippen LogP contribution is -2.03. The van der Waals surface area contributed by atoms with Crippen molar-refractivity contribution in [1.82, 2.24) is 0 Å². The van der Waals surface area contributed by atoms with Gasteiger partial charge in [-0.05, 0) is 18.2 Å². The maximum absolute atomic E-state index is 11.0. The third-order valence-corrected chi connectivity index (χ3v) is 1.51. The minimum Gasteiger partial charge on any atom is -0.465 e. The first-order valence-corrected chi connectivity index (χ1v) is 3.38. The zero-order chi connectivity index (χ0) is 9.14. The SMILES string of the molecule is COC(=O)c1ccc(N)c(N)c1.Cl. The Balaban J connectivity index is 0.00000144. The summed E-state index contributed by atoms with van der Waals surface area (Å²) in [7, 11) is 1.31. The van der Waals surface area contributed by atoms with Crippen LogP contribution >= 0.6 is 12.4 Å². The van der Waals surface area contributed by atoms with Gasteiger partial charge >= 0.3 is 5.97 Å². The number of nitrogen functional groups attached to an aromatic ring is 2. The molecule has 0 amide bonds. The molecule has 0 spiro atoms. The molecule has 0 fully saturated rings. The van der Waals surface area contributed by atoms with Gasteiger partial charge in [0.2, 0.25) is 0 Å². The number of ether oxygens (including phenoxy) is 1. The largest absolute Gasteiger partial charge is 0.465 e. The number of rotatable bonds is 1. The molecule has 0 aliphatic heterocycles. The van der Waals surface area contributed by atoms with Crippen LogP contribution in [0.25, 0.3) is 0 Å². The van der Waals surface area contributed by atoms with Crippen LogP contribution in [0.3, 0.4) is 0 Å². The molecule has 13 heavy (non-hydrogen) atoms. The van der Waals surface area contributed by atoms with Gasteiger partial charge in [-0.25, -0.2) is 4.79 Å². The Hall–Kier alpha value is -1.42. The first-order chi connectivity index (χ1) is 5.65. The number of esters is 1. The molecule has 4 N–H and O–H groups in total. The van der Waals surface area contributed by atoms with Crippen LogP contribution < -0.4 is 11.5 Å². The summed E-state index contributed by atoms with van der Waals surface area (Å²) in [5.41, 5.74) is 12.2. The highest BCUT2D eigenvalue weighted by atomic mass is 35.5. The number of benzene rings is 1. The normalized spacial score (nSPS) is 8.69. The van der Waals surface area contributed by atoms with E-state index in [1.807, 2.05) is 0 Å². The lowest BCUT2D eigenvalue weighted by atomic mass is 10.2. The molecule has 72 valence electrons. The van der Waals surface area contributed by atoms with Crippen LogP contribution in [-0.2, 0) is 4.74 Å². The van der Waals surface area contributed by atoms with Crippen molar-refractivity contribution in [2.24, 2.45) is 0 Å². The number of carbonyl (C=O) groups is 1. The minimum absolute atomic E-state index is 0. The van der Waals surface area contributed by atoms with Crippen LogP contribution in [0.1, 0.15) is 10.4 Å². The van der Waals surface area contributed by atoms with E-state index in [-0.39, 0.29) is 12.4 Å². The summed E-state index contributed by atoms with van der Waals surface area (Å²) in [6, 6.07) is 4.63. The summed E-state index contributed by atoms with van der Waals surface area (Å²) >= 11 is 0. The Kier molecular flexibility index (Phi) is 4.07. The summed E-state index contributed by atoms with van der Waals surface area (Å²) in [4.78, 5) is 11.0. The number of hydrogen-bond acceptors (Lipinski definition) is 4. The predicted molar refractivity (Wildman–Crippen MR) is 53.9 cm³/mol. The summed E-state index contributed by atoms with van der Waals surface area (Å²) in [5, 5.41) is 0. The van der Waals surface area contributed by atoms with E-state index < -0.39 is 5.97 Å². The fraction of sp³-hybridized carbons (Fsp3) is 0.125. The highest BCUT2D eigenvalue weighted by molar-refractivity contribution is 5.91. The van der Waals surface area contributed by atoms with E-state index in [4.69, 9.17) is 11.5 Å². The predicted octanol–water partition coefficient (Wildman–Crippen LogP) is 1.06. The van der Waals surface area contributed by atoms with E-state index in [9.17, 15) is 4.79 Å². The van der Waals surface area contributed by atoms with Gasteiger partial charge in [0.15, 0.2) is 0 Å². The van der Waals surface area contributed by atoms with Crippen molar-refractivity contribution in [3.8, 4) is 0 Å². The van der Waals surface area contributed by atoms with E-state index in [0.29, 0.717) is 16.9 Å². The quantitative estimate of drug-likeness (QED) is 0.527. The molecular weight excluding hydrogens is 192 g/mol. The molecule has 0 aliphatic rings. The molecule has 0 saturated carbocycles. The van der Waals surface area contributed by atoms with E-state index >= 15 is 0 Å². The Labute approximate surface area is 82.3 Å². The van der Waals surface area contributed by atoms with Crippen molar-refractivity contribution < 1.29 is 9.53 Å². The van der Waals surface area contributed by atoms with Crippen LogP contribution in [0, 0.1) is 0 Å². The topological polar surface area (TPSA) is 78.3 Å². The average Bonchev–Trinajstić information content (AvgIpc) is 2.08. The van der Waals surface area contributed by atoms with Crippen molar-refractivity contribution in [1.29, 1.82) is 0 Å². The van der Waals surface area contributed by atoms with Gasteiger partial charge in [0.25, 0.3) is 0 Å². The third-order valence-electron chi connectivity index (χ3n) is 1.51. The van der Waals surface area contributed by atoms with Crippen molar-refractivity contribution >= 4 is 29.8 Å². The monoisotopic (exact) mass is 202 g/mol. The fourth-order valence-electron chi connectivity index (χ4n) is 0.820. The summed E-state index contributed by atoms with van der Waals surface area (Å²) in [5.74, 6) is -0.415. The molecule has 0 bridgehead atoms. The van der Waals surface area contributed by atoms with Crippen molar-refractivity contribution in [2.45, 2.75) is 0 Å². The average molecular weight is 203 g/mol. The molecule has 0 atom stereocenters. The molecule has 1 rings (SSSR count). The number of carbonyl (C=O) groups excluding carboxylic acids is 1. The summed E-state index contributed by atoms with van der Waals surface area (Å²) in [6.45, 7) is 0. The number of hydrogen-bond donors (Lipinski definition) is 2. The molecule has 0 aliphatic carbocycles. The second-order valence-electron chi connectivity index (χ2n) is 2.34. The van der Waals surface area contributed by atoms with Gasteiger partial charge in [-0.3, -0.25) is 0 Å². The Morgan fingerprint density at radius 1 is 1.31 bits per heavy atom. The first-order valence-electron chi connectivity index (χ1n) is 3.38. The van der Waals surface area contributed by atoms with Crippen molar-refractivity contribution in [2.75, 3.05) is 18.6 Å². The van der Waals surface area contributed by atoms with Crippen LogP contribution in [0.4, 0.5) is 11.4 Å². The van der Waals surface area contributed by atoms with Crippen LogP contribution in [-0.4, -0.2) is 13.1 Å². The summed E-state index contributed by atoms with van der Waals surface area (Å²) in [6.07, 6.45) is 0. The smallest absolute Gasteiger partial charge is 0.337 e. The fourth-order valence-corrected chi connectivity index (χ4v) is 0.820. The number of anilines is 2. The van der Waals surface area contributed by atoms with Crippen LogP contribution in [0.5, 0.6) is 0 Å². The van der Waals surface area contributed by atoms with Gasteiger partial charge in [0.1, 0.15) is 0 Å². The molecule has 0 aromatic heterocycles. The van der Waals surface area contributed by atoms with Gasteiger partial charge in [0.05, 0.1) is 24.0 Å². The maximum Gasteiger partial charge on any atom is 0.337 e. The van der Waals surface area contributed by atoms with Gasteiger partial charge < -0.3 is 16.2 Å². The minimum atomic E-state index is -0.415. The van der Waals surface area contributed by atoms with E-state index in [2.05, 4.69) is 4.74 Å². The van der Waals surface area contributed by atoms with E-state index in [1.165, 1.54) is 13.2 Å². The van der Waals surface area contributed by atoms with Gasteiger partial charge in [-0.2, -0.15) is 0 Å². The van der Waals surface area contributed by atoms with Gasteiger partial charge in [-0.1, -0.05) is 0 Å². The Morgan fingerprint density at radius 2 is 1.92 bits per heavy atom.